The summed E-state index contributed by atoms with van der Waals surface area (Å²) in [6.45, 7) is 9.81. The highest BCUT2D eigenvalue weighted by Crippen LogP contribution is 2.22. The van der Waals surface area contributed by atoms with Crippen molar-refractivity contribution in [3.05, 3.63) is 63.7 Å². The van der Waals surface area contributed by atoms with Crippen molar-refractivity contribution in [2.75, 3.05) is 11.9 Å². The van der Waals surface area contributed by atoms with Gasteiger partial charge in [0.25, 0.3) is 5.91 Å². The predicted octanol–water partition coefficient (Wildman–Crippen LogP) is 4.35. The second-order valence-corrected chi connectivity index (χ2v) is 5.90. The molecule has 24 heavy (non-hydrogen) atoms. The molecule has 0 heterocycles. The first-order valence-electron chi connectivity index (χ1n) is 8.01. The Morgan fingerprint density at radius 2 is 1.62 bits per heavy atom. The third kappa shape index (κ3) is 3.65. The summed E-state index contributed by atoms with van der Waals surface area (Å²) in [7, 11) is 0. The van der Waals surface area contributed by atoms with E-state index in [0.29, 0.717) is 29.0 Å². The van der Waals surface area contributed by atoms with E-state index in [4.69, 9.17) is 4.74 Å². The summed E-state index contributed by atoms with van der Waals surface area (Å²) < 4.78 is 5.05. The van der Waals surface area contributed by atoms with Crippen LogP contribution in [0.15, 0.2) is 30.3 Å². The Morgan fingerprint density at radius 1 is 0.958 bits per heavy atom. The van der Waals surface area contributed by atoms with Gasteiger partial charge in [-0.2, -0.15) is 0 Å². The van der Waals surface area contributed by atoms with E-state index < -0.39 is 0 Å². The van der Waals surface area contributed by atoms with E-state index in [2.05, 4.69) is 5.32 Å². The minimum absolute atomic E-state index is 0.181. The summed E-state index contributed by atoms with van der Waals surface area (Å²) in [6.07, 6.45) is 0. The Balaban J connectivity index is 2.32. The van der Waals surface area contributed by atoms with Crippen LogP contribution in [-0.4, -0.2) is 18.5 Å². The molecular weight excluding hydrogens is 302 g/mol. The van der Waals surface area contributed by atoms with Gasteiger partial charge in [0.2, 0.25) is 0 Å². The maximum absolute atomic E-state index is 12.6. The van der Waals surface area contributed by atoms with Crippen molar-refractivity contribution in [1.29, 1.82) is 0 Å². The topological polar surface area (TPSA) is 55.4 Å². The molecule has 2 rings (SSSR count). The summed E-state index contributed by atoms with van der Waals surface area (Å²) in [4.78, 5) is 24.6. The number of amides is 1. The monoisotopic (exact) mass is 325 g/mol. The predicted molar refractivity (Wildman–Crippen MR) is 95.7 cm³/mol. The SMILES string of the molecule is CCOC(=O)c1cccc(NC(=O)c2cc(C)c(C)cc2C)c1C. The molecule has 2 aromatic carbocycles. The van der Waals surface area contributed by atoms with Crippen LogP contribution < -0.4 is 5.32 Å². The molecule has 0 atom stereocenters. The van der Waals surface area contributed by atoms with E-state index in [9.17, 15) is 9.59 Å². The highest BCUT2D eigenvalue weighted by molar-refractivity contribution is 6.06. The third-order valence-electron chi connectivity index (χ3n) is 4.16. The number of anilines is 1. The number of nitrogens with one attached hydrogen (secondary N) is 1. The molecule has 0 saturated heterocycles. The van der Waals surface area contributed by atoms with Crippen molar-refractivity contribution >= 4 is 17.6 Å². The van der Waals surface area contributed by atoms with Crippen molar-refractivity contribution in [2.24, 2.45) is 0 Å². The van der Waals surface area contributed by atoms with Gasteiger partial charge in [0.05, 0.1) is 12.2 Å². The lowest BCUT2D eigenvalue weighted by Gasteiger charge is -2.14. The molecule has 126 valence electrons. The summed E-state index contributed by atoms with van der Waals surface area (Å²) in [5.41, 5.74) is 5.57. The molecule has 1 amide bonds. The number of ether oxygens (including phenoxy) is 1. The van der Waals surface area contributed by atoms with Crippen molar-refractivity contribution in [1.82, 2.24) is 0 Å². The maximum atomic E-state index is 12.6. The van der Waals surface area contributed by atoms with E-state index in [1.165, 1.54) is 0 Å². The normalized spacial score (nSPS) is 10.4. The molecule has 4 nitrogen and oxygen atoms in total. The minimum atomic E-state index is -0.381. The fraction of sp³-hybridized carbons (Fsp3) is 0.300. The van der Waals surface area contributed by atoms with E-state index in [0.717, 1.165) is 16.7 Å². The van der Waals surface area contributed by atoms with Crippen LogP contribution in [0.3, 0.4) is 0 Å². The summed E-state index contributed by atoms with van der Waals surface area (Å²) in [5.74, 6) is -0.562. The van der Waals surface area contributed by atoms with Crippen LogP contribution in [0.2, 0.25) is 0 Å². The zero-order valence-electron chi connectivity index (χ0n) is 14.8. The highest BCUT2D eigenvalue weighted by Gasteiger charge is 2.16. The average molecular weight is 325 g/mol. The fourth-order valence-corrected chi connectivity index (χ4v) is 2.60. The largest absolute Gasteiger partial charge is 0.462 e. The Labute approximate surface area is 142 Å². The van der Waals surface area contributed by atoms with Crippen LogP contribution in [-0.2, 0) is 4.74 Å². The van der Waals surface area contributed by atoms with Crippen LogP contribution in [0.1, 0.15) is 49.9 Å². The number of carbonyl (C=O) groups excluding carboxylic acids is 2. The van der Waals surface area contributed by atoms with Crippen LogP contribution in [0, 0.1) is 27.7 Å². The number of aryl methyl sites for hydroxylation is 3. The molecule has 0 aliphatic carbocycles. The van der Waals surface area contributed by atoms with E-state index in [1.54, 1.807) is 32.0 Å². The lowest BCUT2D eigenvalue weighted by atomic mass is 10.00. The van der Waals surface area contributed by atoms with Gasteiger partial charge in [0.15, 0.2) is 0 Å². The first-order chi connectivity index (χ1) is 11.3. The Morgan fingerprint density at radius 3 is 2.29 bits per heavy atom. The van der Waals surface area contributed by atoms with Gasteiger partial charge >= 0.3 is 5.97 Å². The standard InChI is InChI=1S/C20H23NO3/c1-6-24-20(23)16-8-7-9-18(15(16)5)21-19(22)17-11-13(3)12(2)10-14(17)4/h7-11H,6H2,1-5H3,(H,21,22). The molecule has 0 bridgehead atoms. The first-order valence-corrected chi connectivity index (χ1v) is 8.01. The van der Waals surface area contributed by atoms with Gasteiger partial charge in [-0.1, -0.05) is 12.1 Å². The quantitative estimate of drug-likeness (QED) is 0.850. The van der Waals surface area contributed by atoms with Gasteiger partial charge in [-0.05, 0) is 75.1 Å². The van der Waals surface area contributed by atoms with Crippen molar-refractivity contribution < 1.29 is 14.3 Å². The molecule has 0 aliphatic rings. The fourth-order valence-electron chi connectivity index (χ4n) is 2.60. The number of benzene rings is 2. The minimum Gasteiger partial charge on any atom is -0.462 e. The van der Waals surface area contributed by atoms with Gasteiger partial charge in [0, 0.05) is 11.3 Å². The van der Waals surface area contributed by atoms with Crippen LogP contribution in [0.25, 0.3) is 0 Å². The Hall–Kier alpha value is -2.62. The number of esters is 1. The van der Waals surface area contributed by atoms with E-state index in [-0.39, 0.29) is 11.9 Å². The summed E-state index contributed by atoms with van der Waals surface area (Å²) in [6, 6.07) is 9.12. The smallest absolute Gasteiger partial charge is 0.338 e. The van der Waals surface area contributed by atoms with E-state index >= 15 is 0 Å². The van der Waals surface area contributed by atoms with E-state index in [1.807, 2.05) is 32.9 Å². The molecule has 0 spiro atoms. The lowest BCUT2D eigenvalue weighted by Crippen LogP contribution is -2.16. The zero-order valence-corrected chi connectivity index (χ0v) is 14.8. The van der Waals surface area contributed by atoms with Crippen LogP contribution in [0.5, 0.6) is 0 Å². The Bertz CT molecular complexity index is 794. The number of rotatable bonds is 4. The average Bonchev–Trinajstić information content (AvgIpc) is 2.53. The molecule has 0 aliphatic heterocycles. The van der Waals surface area contributed by atoms with Crippen molar-refractivity contribution in [3.8, 4) is 0 Å². The second kappa shape index (κ2) is 7.30. The van der Waals surface area contributed by atoms with Crippen molar-refractivity contribution in [3.63, 3.8) is 0 Å². The van der Waals surface area contributed by atoms with Gasteiger partial charge in [-0.25, -0.2) is 4.79 Å². The number of carbonyl (C=O) groups is 2. The van der Waals surface area contributed by atoms with Gasteiger partial charge in [-0.15, -0.1) is 0 Å². The molecule has 2 aromatic rings. The molecule has 0 unspecified atom stereocenters. The number of hydrogen-bond donors (Lipinski definition) is 1. The molecule has 0 aromatic heterocycles. The summed E-state index contributed by atoms with van der Waals surface area (Å²) >= 11 is 0. The molecule has 0 fully saturated rings. The van der Waals surface area contributed by atoms with Gasteiger partial charge < -0.3 is 10.1 Å². The Kier molecular flexibility index (Phi) is 5.39. The van der Waals surface area contributed by atoms with Crippen molar-refractivity contribution in [2.45, 2.75) is 34.6 Å². The third-order valence-corrected chi connectivity index (χ3v) is 4.16. The molecule has 4 heteroatoms. The second-order valence-electron chi connectivity index (χ2n) is 5.90. The van der Waals surface area contributed by atoms with Gasteiger partial charge in [0.1, 0.15) is 0 Å². The van der Waals surface area contributed by atoms with Gasteiger partial charge in [-0.3, -0.25) is 4.79 Å². The lowest BCUT2D eigenvalue weighted by molar-refractivity contribution is 0.0525. The van der Waals surface area contributed by atoms with Crippen LogP contribution in [0.4, 0.5) is 5.69 Å². The maximum Gasteiger partial charge on any atom is 0.338 e. The van der Waals surface area contributed by atoms with Crippen LogP contribution >= 0.6 is 0 Å². The zero-order chi connectivity index (χ0) is 17.9. The first kappa shape index (κ1) is 17.7. The highest BCUT2D eigenvalue weighted by atomic mass is 16.5. The summed E-state index contributed by atoms with van der Waals surface area (Å²) in [5, 5.41) is 2.90. The molecule has 0 radical (unpaired) electrons. The number of hydrogen-bond acceptors (Lipinski definition) is 3. The molecular formula is C20H23NO3. The molecule has 0 saturated carbocycles. The molecule has 1 N–H and O–H groups in total.